The van der Waals surface area contributed by atoms with Crippen molar-refractivity contribution in [3.05, 3.63) is 65.7 Å². The Morgan fingerprint density at radius 2 is 1.67 bits per heavy atom. The second kappa shape index (κ2) is 9.33. The smallest absolute Gasteiger partial charge is 0.338 e. The molecule has 0 unspecified atom stereocenters. The fourth-order valence-corrected chi connectivity index (χ4v) is 5.68. The maximum absolute atomic E-state index is 12.5. The zero-order valence-electron chi connectivity index (χ0n) is 15.5. The molecule has 1 atom stereocenters. The van der Waals surface area contributed by atoms with Gasteiger partial charge in [0.05, 0.1) is 10.1 Å². The topological polar surface area (TPSA) is 46.6 Å². The number of carbonyl (C=O) groups is 2. The van der Waals surface area contributed by atoms with Gasteiger partial charge >= 0.3 is 5.97 Å². The molecular formula is C21H23NO3S2. The molecule has 3 rings (SSSR count). The molecule has 0 bridgehead atoms. The van der Waals surface area contributed by atoms with Crippen molar-refractivity contribution < 1.29 is 14.3 Å². The molecule has 1 aliphatic rings. The summed E-state index contributed by atoms with van der Waals surface area (Å²) in [4.78, 5) is 26.4. The van der Waals surface area contributed by atoms with E-state index in [1.165, 1.54) is 28.4 Å². The third-order valence-electron chi connectivity index (χ3n) is 4.35. The maximum Gasteiger partial charge on any atom is 0.338 e. The minimum Gasteiger partial charge on any atom is -0.449 e. The summed E-state index contributed by atoms with van der Waals surface area (Å²) in [5, 5.41) is 0. The summed E-state index contributed by atoms with van der Waals surface area (Å²) in [6, 6.07) is 16.8. The number of thioether (sulfide) groups is 2. The van der Waals surface area contributed by atoms with Crippen LogP contribution in [0.4, 0.5) is 5.69 Å². The van der Waals surface area contributed by atoms with Crippen LogP contribution in [0, 0.1) is 0 Å². The van der Waals surface area contributed by atoms with Crippen LogP contribution in [0.15, 0.2) is 54.6 Å². The molecule has 2 aromatic carbocycles. The van der Waals surface area contributed by atoms with E-state index in [0.29, 0.717) is 10.1 Å². The molecule has 0 spiro atoms. The first-order valence-corrected chi connectivity index (χ1v) is 11.0. The zero-order valence-corrected chi connectivity index (χ0v) is 17.1. The molecule has 6 heteroatoms. The van der Waals surface area contributed by atoms with Crippen LogP contribution in [-0.2, 0) is 9.53 Å². The van der Waals surface area contributed by atoms with Crippen LogP contribution in [0.1, 0.15) is 33.8 Å². The predicted octanol–water partition coefficient (Wildman–Crippen LogP) is 4.76. The van der Waals surface area contributed by atoms with Gasteiger partial charge in [0.25, 0.3) is 5.91 Å². The van der Waals surface area contributed by atoms with E-state index in [1.807, 2.05) is 66.0 Å². The van der Waals surface area contributed by atoms with Crippen LogP contribution in [0.3, 0.4) is 0 Å². The molecular weight excluding hydrogens is 378 g/mol. The number of para-hydroxylation sites is 1. The molecule has 0 aliphatic carbocycles. The molecule has 1 aliphatic heterocycles. The van der Waals surface area contributed by atoms with Crippen molar-refractivity contribution in [1.82, 2.24) is 0 Å². The lowest BCUT2D eigenvalue weighted by molar-refractivity contribution is -0.126. The Bertz CT molecular complexity index is 774. The Balaban J connectivity index is 1.59. The first kappa shape index (κ1) is 19.8. The highest BCUT2D eigenvalue weighted by atomic mass is 32.2. The zero-order chi connectivity index (χ0) is 19.2. The number of esters is 1. The number of benzene rings is 2. The second-order valence-electron chi connectivity index (χ2n) is 6.33. The molecule has 1 amide bonds. The monoisotopic (exact) mass is 401 g/mol. The summed E-state index contributed by atoms with van der Waals surface area (Å²) in [5.41, 5.74) is 2.44. The van der Waals surface area contributed by atoms with Crippen LogP contribution >= 0.6 is 23.5 Å². The Morgan fingerprint density at radius 3 is 2.30 bits per heavy atom. The number of likely N-dealkylation sites (N-methyl/N-ethyl adjacent to an activating group) is 1. The lowest BCUT2D eigenvalue weighted by Gasteiger charge is -2.22. The van der Waals surface area contributed by atoms with Gasteiger partial charge in [-0.25, -0.2) is 4.79 Å². The van der Waals surface area contributed by atoms with Crippen molar-refractivity contribution in [2.75, 3.05) is 23.5 Å². The van der Waals surface area contributed by atoms with E-state index in [-0.39, 0.29) is 5.91 Å². The average Bonchev–Trinajstić information content (AvgIpc) is 2.74. The van der Waals surface area contributed by atoms with Gasteiger partial charge in [0, 0.05) is 12.7 Å². The van der Waals surface area contributed by atoms with Gasteiger partial charge in [-0.05, 0) is 54.7 Å². The van der Waals surface area contributed by atoms with Crippen LogP contribution in [-0.4, -0.2) is 36.5 Å². The number of carbonyl (C=O) groups excluding carboxylic acids is 2. The Kier molecular flexibility index (Phi) is 6.85. The molecule has 0 N–H and O–H groups in total. The third-order valence-corrected chi connectivity index (χ3v) is 7.37. The van der Waals surface area contributed by atoms with Crippen molar-refractivity contribution >= 4 is 41.1 Å². The lowest BCUT2D eigenvalue weighted by Crippen LogP contribution is -2.37. The minimum absolute atomic E-state index is 0.263. The Labute approximate surface area is 168 Å². The first-order valence-electron chi connectivity index (χ1n) is 8.93. The number of anilines is 1. The highest BCUT2D eigenvalue weighted by Gasteiger charge is 2.23. The molecule has 2 aromatic rings. The number of hydrogen-bond acceptors (Lipinski definition) is 5. The van der Waals surface area contributed by atoms with E-state index in [9.17, 15) is 9.59 Å². The van der Waals surface area contributed by atoms with E-state index in [2.05, 4.69) is 0 Å². The molecule has 142 valence electrons. The van der Waals surface area contributed by atoms with E-state index in [4.69, 9.17) is 4.74 Å². The van der Waals surface area contributed by atoms with E-state index < -0.39 is 12.1 Å². The van der Waals surface area contributed by atoms with Gasteiger partial charge in [0.2, 0.25) is 0 Å². The van der Waals surface area contributed by atoms with Crippen molar-refractivity contribution in [3.8, 4) is 0 Å². The lowest BCUT2D eigenvalue weighted by atomic mass is 10.1. The molecule has 1 fully saturated rings. The molecule has 4 nitrogen and oxygen atoms in total. The van der Waals surface area contributed by atoms with Gasteiger partial charge < -0.3 is 9.64 Å². The fourth-order valence-electron chi connectivity index (χ4n) is 2.79. The van der Waals surface area contributed by atoms with E-state index in [1.54, 1.807) is 26.1 Å². The van der Waals surface area contributed by atoms with E-state index >= 15 is 0 Å². The van der Waals surface area contributed by atoms with Gasteiger partial charge in [-0.2, -0.15) is 0 Å². The summed E-state index contributed by atoms with van der Waals surface area (Å²) in [6.45, 7) is 1.60. The summed E-state index contributed by atoms with van der Waals surface area (Å²) >= 11 is 3.89. The second-order valence-corrected chi connectivity index (χ2v) is 9.05. The molecule has 27 heavy (non-hydrogen) atoms. The van der Waals surface area contributed by atoms with Crippen LogP contribution in [0.5, 0.6) is 0 Å². The molecule has 1 saturated heterocycles. The Morgan fingerprint density at radius 1 is 1.04 bits per heavy atom. The summed E-state index contributed by atoms with van der Waals surface area (Å²) in [7, 11) is 1.68. The quantitative estimate of drug-likeness (QED) is 0.676. The molecule has 1 heterocycles. The number of rotatable bonds is 5. The first-order chi connectivity index (χ1) is 13.1. The van der Waals surface area contributed by atoms with Gasteiger partial charge in [-0.15, -0.1) is 23.5 Å². The van der Waals surface area contributed by atoms with Crippen molar-refractivity contribution in [2.24, 2.45) is 0 Å². The maximum atomic E-state index is 12.5. The average molecular weight is 402 g/mol. The largest absolute Gasteiger partial charge is 0.449 e. The van der Waals surface area contributed by atoms with Crippen LogP contribution < -0.4 is 4.90 Å². The Hall–Kier alpha value is -1.92. The van der Waals surface area contributed by atoms with Crippen molar-refractivity contribution in [1.29, 1.82) is 0 Å². The summed E-state index contributed by atoms with van der Waals surface area (Å²) in [6.07, 6.45) is 0.395. The van der Waals surface area contributed by atoms with Crippen LogP contribution in [0.2, 0.25) is 0 Å². The van der Waals surface area contributed by atoms with Gasteiger partial charge in [-0.1, -0.05) is 30.3 Å². The molecule has 0 aromatic heterocycles. The number of hydrogen-bond donors (Lipinski definition) is 0. The summed E-state index contributed by atoms with van der Waals surface area (Å²) < 4.78 is 5.82. The minimum atomic E-state index is -0.855. The number of amides is 1. The van der Waals surface area contributed by atoms with Crippen molar-refractivity contribution in [2.45, 2.75) is 24.0 Å². The molecule has 0 radical (unpaired) electrons. The third kappa shape index (κ3) is 5.08. The van der Waals surface area contributed by atoms with Gasteiger partial charge in [-0.3, -0.25) is 4.79 Å². The number of nitrogens with zero attached hydrogens (tertiary/aromatic N) is 1. The van der Waals surface area contributed by atoms with Crippen molar-refractivity contribution in [3.63, 3.8) is 0 Å². The SMILES string of the molecule is C[C@@H](OC(=O)c1ccc(C2SCCCS2)cc1)C(=O)N(C)c1ccccc1. The predicted molar refractivity (Wildman–Crippen MR) is 113 cm³/mol. The fraction of sp³-hybridized carbons (Fsp3) is 0.333. The summed E-state index contributed by atoms with van der Waals surface area (Å²) in [5.74, 6) is 1.61. The molecule has 0 saturated carbocycles. The normalized spacial score (nSPS) is 15.8. The standard InChI is InChI=1S/C21H23NO3S2/c1-15(19(23)22(2)18-7-4-3-5-8-18)25-20(24)16-9-11-17(12-10-16)21-26-13-6-14-27-21/h3-5,7-12,15,21H,6,13-14H2,1-2H3/t15-/m1/s1. The van der Waals surface area contributed by atoms with Crippen LogP contribution in [0.25, 0.3) is 0 Å². The van der Waals surface area contributed by atoms with Gasteiger partial charge in [0.1, 0.15) is 0 Å². The highest BCUT2D eigenvalue weighted by Crippen LogP contribution is 2.43. The highest BCUT2D eigenvalue weighted by molar-refractivity contribution is 8.16. The van der Waals surface area contributed by atoms with Gasteiger partial charge in [0.15, 0.2) is 6.10 Å². The number of ether oxygens (including phenoxy) is 1. The van der Waals surface area contributed by atoms with E-state index in [0.717, 1.165) is 5.69 Å².